The highest BCUT2D eigenvalue weighted by atomic mass is 32.2. The summed E-state index contributed by atoms with van der Waals surface area (Å²) in [6, 6.07) is 5.56. The zero-order valence-electron chi connectivity index (χ0n) is 36.4. The fourth-order valence-electron chi connectivity index (χ4n) is 6.92. The van der Waals surface area contributed by atoms with Gasteiger partial charge in [0.15, 0.2) is 0 Å². The first-order valence-electron chi connectivity index (χ1n) is 21.3. The highest BCUT2D eigenvalue weighted by molar-refractivity contribution is 7.92. The minimum atomic E-state index is -3.71. The number of benzene rings is 1. The molecule has 3 rings (SSSR count). The summed E-state index contributed by atoms with van der Waals surface area (Å²) in [5, 5.41) is 22.3. The van der Waals surface area contributed by atoms with Crippen LogP contribution >= 0.6 is 0 Å². The van der Waals surface area contributed by atoms with Gasteiger partial charge in [0.25, 0.3) is 0 Å². The van der Waals surface area contributed by atoms with E-state index in [1.54, 1.807) is 11.0 Å². The fraction of sp³-hybridized carbons (Fsp3) is 0.458. The quantitative estimate of drug-likeness (QED) is 0.0838. The first-order chi connectivity index (χ1) is 29.1. The number of amides is 2. The van der Waals surface area contributed by atoms with E-state index in [-0.39, 0.29) is 36.7 Å². The average molecular weight is 860 g/mol. The SMILES string of the molecule is CC/C=C\C/C=C\C/C=C\C/C=C\C/C=C\C/C=C\CCC(=O)N1CC[C@H](C(C(N)=O)C(O)CC(O)C=Cc2c(-c3ccc(F)cc3)nc(N(C)S(C)(=O)=O)nc2C(C)C)C1. The van der Waals surface area contributed by atoms with Gasteiger partial charge in [0, 0.05) is 44.1 Å². The van der Waals surface area contributed by atoms with Crippen molar-refractivity contribution in [2.45, 2.75) is 103 Å². The molecule has 3 unspecified atom stereocenters. The third kappa shape index (κ3) is 17.5. The van der Waals surface area contributed by atoms with Gasteiger partial charge >= 0.3 is 0 Å². The molecule has 0 bridgehead atoms. The number of carbonyl (C=O) groups is 2. The standard InChI is InChI=1S/C48H66FN5O6S/c1-6-7-8-9-10-11-12-13-14-15-16-17-18-19-20-21-22-23-24-25-43(57)54-33-32-38(35-54)44(47(50)58)42(56)34-40(55)30-31-41-45(36(2)3)51-48(53(4)61(5,59)60)52-46(41)37-26-28-39(49)29-27-37/h7-8,10-11,13-14,16-17,19-20,22-23,26-31,36,38,40,42,44,55-56H,6,9,12,15,18,21,24-25,32-35H2,1-5H3,(H2,50,58)/b8-7-,11-10-,14-13-,17-16-,20-19-,23-22-,31-30?/t38-,40?,42?,44?/m0/s1. The lowest BCUT2D eigenvalue weighted by molar-refractivity contribution is -0.132. The van der Waals surface area contributed by atoms with E-state index >= 15 is 0 Å². The van der Waals surface area contributed by atoms with Gasteiger partial charge in [0.1, 0.15) is 5.82 Å². The number of aromatic nitrogens is 2. The molecule has 0 saturated carbocycles. The first-order valence-corrected chi connectivity index (χ1v) is 23.1. The van der Waals surface area contributed by atoms with Crippen molar-refractivity contribution >= 4 is 33.9 Å². The van der Waals surface area contributed by atoms with Gasteiger partial charge in [-0.3, -0.25) is 9.59 Å². The number of rotatable bonds is 25. The van der Waals surface area contributed by atoms with Crippen LogP contribution in [0.1, 0.15) is 102 Å². The summed E-state index contributed by atoms with van der Waals surface area (Å²) >= 11 is 0. The normalized spacial score (nSPS) is 16.9. The second-order valence-electron chi connectivity index (χ2n) is 15.6. The Morgan fingerprint density at radius 1 is 0.902 bits per heavy atom. The zero-order chi connectivity index (χ0) is 44.8. The van der Waals surface area contributed by atoms with E-state index in [9.17, 15) is 32.6 Å². The second-order valence-corrected chi connectivity index (χ2v) is 17.6. The molecule has 0 spiro atoms. The predicted octanol–water partition coefficient (Wildman–Crippen LogP) is 8.35. The molecular weight excluding hydrogens is 794 g/mol. The lowest BCUT2D eigenvalue weighted by Gasteiger charge is -2.27. The van der Waals surface area contributed by atoms with Crippen molar-refractivity contribution in [2.75, 3.05) is 30.7 Å². The highest BCUT2D eigenvalue weighted by Crippen LogP contribution is 2.33. The number of halogens is 1. The number of primary amides is 1. The molecule has 13 heteroatoms. The van der Waals surface area contributed by atoms with Gasteiger partial charge in [-0.2, -0.15) is 0 Å². The number of sulfonamides is 1. The van der Waals surface area contributed by atoms with Gasteiger partial charge in [0.2, 0.25) is 27.8 Å². The molecule has 1 aromatic heterocycles. The topological polar surface area (TPSA) is 167 Å². The Kier molecular flexibility index (Phi) is 21.8. The molecule has 0 radical (unpaired) electrons. The van der Waals surface area contributed by atoms with Gasteiger partial charge < -0.3 is 20.8 Å². The number of nitrogens with zero attached hydrogens (tertiary/aromatic N) is 4. The van der Waals surface area contributed by atoms with Crippen LogP contribution in [0, 0.1) is 17.7 Å². The molecule has 2 amide bonds. The van der Waals surface area contributed by atoms with Crippen LogP contribution in [0.4, 0.5) is 10.3 Å². The maximum atomic E-state index is 13.9. The summed E-state index contributed by atoms with van der Waals surface area (Å²) in [5.74, 6) is -2.84. The third-order valence-corrected chi connectivity index (χ3v) is 11.5. The summed E-state index contributed by atoms with van der Waals surface area (Å²) in [5.41, 5.74) is 7.56. The molecule has 2 aromatic rings. The Bertz CT molecular complexity index is 2020. The molecule has 1 fully saturated rings. The Morgan fingerprint density at radius 2 is 1.44 bits per heavy atom. The van der Waals surface area contributed by atoms with Gasteiger partial charge in [0.05, 0.1) is 35.8 Å². The van der Waals surface area contributed by atoms with Crippen LogP contribution in [0.25, 0.3) is 17.3 Å². The largest absolute Gasteiger partial charge is 0.392 e. The molecule has 332 valence electrons. The molecule has 4 atom stereocenters. The smallest absolute Gasteiger partial charge is 0.239 e. The first kappa shape index (κ1) is 50.4. The van der Waals surface area contributed by atoms with E-state index in [0.29, 0.717) is 48.3 Å². The van der Waals surface area contributed by atoms with Crippen LogP contribution in [0.15, 0.2) is 103 Å². The van der Waals surface area contributed by atoms with E-state index < -0.39 is 39.9 Å². The van der Waals surface area contributed by atoms with Crippen molar-refractivity contribution in [2.24, 2.45) is 17.6 Å². The van der Waals surface area contributed by atoms with E-state index in [0.717, 1.165) is 49.1 Å². The third-order valence-electron chi connectivity index (χ3n) is 10.3. The average Bonchev–Trinajstić information content (AvgIpc) is 3.69. The fourth-order valence-corrected chi connectivity index (χ4v) is 7.30. The number of aliphatic hydroxyl groups excluding tert-OH is 2. The monoisotopic (exact) mass is 859 g/mol. The number of allylic oxidation sites excluding steroid dienone is 12. The number of carbonyl (C=O) groups excluding carboxylic acids is 2. The number of likely N-dealkylation sites (tertiary alicyclic amines) is 1. The summed E-state index contributed by atoms with van der Waals surface area (Å²) in [7, 11) is -2.37. The minimum Gasteiger partial charge on any atom is -0.392 e. The van der Waals surface area contributed by atoms with E-state index in [2.05, 4.69) is 77.7 Å². The maximum absolute atomic E-state index is 13.9. The van der Waals surface area contributed by atoms with Crippen molar-refractivity contribution in [3.05, 3.63) is 120 Å². The van der Waals surface area contributed by atoms with Crippen molar-refractivity contribution in [3.8, 4) is 11.3 Å². The molecule has 4 N–H and O–H groups in total. The van der Waals surface area contributed by atoms with E-state index in [1.165, 1.54) is 37.4 Å². The van der Waals surface area contributed by atoms with Gasteiger partial charge in [-0.15, -0.1) is 0 Å². The zero-order valence-corrected chi connectivity index (χ0v) is 37.3. The van der Waals surface area contributed by atoms with E-state index in [1.807, 2.05) is 26.0 Å². The van der Waals surface area contributed by atoms with Crippen molar-refractivity contribution < 1.29 is 32.6 Å². The Balaban J connectivity index is 1.52. The van der Waals surface area contributed by atoms with Crippen LogP contribution in [0.5, 0.6) is 0 Å². The lowest BCUT2D eigenvalue weighted by atomic mass is 9.84. The van der Waals surface area contributed by atoms with E-state index in [4.69, 9.17) is 5.73 Å². The Morgan fingerprint density at radius 3 is 1.95 bits per heavy atom. The number of hydrogen-bond donors (Lipinski definition) is 3. The molecule has 11 nitrogen and oxygen atoms in total. The molecule has 1 aromatic carbocycles. The van der Waals surface area contributed by atoms with Crippen molar-refractivity contribution in [1.29, 1.82) is 0 Å². The van der Waals surface area contributed by atoms with Gasteiger partial charge in [-0.05, 0) is 87.5 Å². The predicted molar refractivity (Wildman–Crippen MR) is 245 cm³/mol. The molecule has 1 saturated heterocycles. The molecule has 2 heterocycles. The second kappa shape index (κ2) is 26.4. The van der Waals surface area contributed by atoms with Crippen molar-refractivity contribution in [3.63, 3.8) is 0 Å². The number of anilines is 1. The Hall–Kier alpha value is -4.98. The molecule has 61 heavy (non-hydrogen) atoms. The van der Waals surface area contributed by atoms with Crippen LogP contribution in [-0.2, 0) is 19.6 Å². The summed E-state index contributed by atoms with van der Waals surface area (Å²) < 4.78 is 39.6. The van der Waals surface area contributed by atoms with Crippen LogP contribution in [-0.4, -0.2) is 83.9 Å². The van der Waals surface area contributed by atoms with Crippen molar-refractivity contribution in [1.82, 2.24) is 14.9 Å². The summed E-state index contributed by atoms with van der Waals surface area (Å²) in [6.45, 7) is 6.60. The summed E-state index contributed by atoms with van der Waals surface area (Å²) in [4.78, 5) is 36.5. The van der Waals surface area contributed by atoms with Gasteiger partial charge in [-0.1, -0.05) is 106 Å². The molecule has 0 aliphatic carbocycles. The van der Waals surface area contributed by atoms with Crippen LogP contribution in [0.3, 0.4) is 0 Å². The van der Waals surface area contributed by atoms with Crippen LogP contribution < -0.4 is 10.0 Å². The summed E-state index contributed by atoms with van der Waals surface area (Å²) in [6.07, 6.45) is 34.0. The maximum Gasteiger partial charge on any atom is 0.239 e. The molecule has 1 aliphatic heterocycles. The minimum absolute atomic E-state index is 0.0309. The number of aliphatic hydroxyl groups is 2. The highest BCUT2D eigenvalue weighted by Gasteiger charge is 2.39. The van der Waals surface area contributed by atoms with Crippen LogP contribution in [0.2, 0.25) is 0 Å². The Labute approximate surface area is 363 Å². The van der Waals surface area contributed by atoms with Gasteiger partial charge in [-0.25, -0.2) is 27.1 Å². The molecular formula is C48H66FN5O6S. The number of hydrogen-bond acceptors (Lipinski definition) is 8. The molecule has 1 aliphatic rings. The number of nitrogens with two attached hydrogens (primary N) is 1. The lowest BCUT2D eigenvalue weighted by Crippen LogP contribution is -2.42.